The van der Waals surface area contributed by atoms with Gasteiger partial charge < -0.3 is 9.84 Å². The largest absolute Gasteiger partial charge is 0.479 e. The number of aliphatic carboxylic acids is 1. The third-order valence-corrected chi connectivity index (χ3v) is 3.12. The molecule has 0 aromatic rings. The summed E-state index contributed by atoms with van der Waals surface area (Å²) in [6.45, 7) is 5.93. The van der Waals surface area contributed by atoms with E-state index < -0.39 is 11.6 Å². The molecule has 0 bridgehead atoms. The van der Waals surface area contributed by atoms with Gasteiger partial charge in [-0.2, -0.15) is 0 Å². The van der Waals surface area contributed by atoms with Crippen molar-refractivity contribution in [3.8, 4) is 0 Å². The number of hydrogen-bond acceptors (Lipinski definition) is 2. The summed E-state index contributed by atoms with van der Waals surface area (Å²) >= 11 is 0. The van der Waals surface area contributed by atoms with Crippen LogP contribution < -0.4 is 0 Å². The van der Waals surface area contributed by atoms with Crippen LogP contribution in [-0.4, -0.2) is 22.3 Å². The van der Waals surface area contributed by atoms with E-state index in [4.69, 9.17) is 4.74 Å². The molecular formula is C11H20O3. The lowest BCUT2D eigenvalue weighted by Crippen LogP contribution is -2.45. The summed E-state index contributed by atoms with van der Waals surface area (Å²) in [4.78, 5) is 11.2. The van der Waals surface area contributed by atoms with Crippen molar-refractivity contribution in [2.45, 2.75) is 64.1 Å². The van der Waals surface area contributed by atoms with E-state index in [1.807, 2.05) is 20.8 Å². The van der Waals surface area contributed by atoms with Crippen LogP contribution in [0.25, 0.3) is 0 Å². The fourth-order valence-corrected chi connectivity index (χ4v) is 1.91. The van der Waals surface area contributed by atoms with Crippen molar-refractivity contribution in [3.63, 3.8) is 0 Å². The minimum absolute atomic E-state index is 0.331. The first-order valence-electron chi connectivity index (χ1n) is 5.35. The van der Waals surface area contributed by atoms with Crippen molar-refractivity contribution in [3.05, 3.63) is 0 Å². The number of carboxylic acid groups (broad SMARTS) is 1. The van der Waals surface area contributed by atoms with Crippen LogP contribution in [0.5, 0.6) is 0 Å². The first-order chi connectivity index (χ1) is 6.42. The van der Waals surface area contributed by atoms with E-state index in [1.54, 1.807) is 0 Å². The van der Waals surface area contributed by atoms with Gasteiger partial charge in [0.15, 0.2) is 5.60 Å². The summed E-state index contributed by atoms with van der Waals surface area (Å²) in [6, 6.07) is 0. The average Bonchev–Trinajstić information content (AvgIpc) is 2.53. The number of rotatable bonds is 4. The van der Waals surface area contributed by atoms with Gasteiger partial charge in [0.05, 0.1) is 5.60 Å². The van der Waals surface area contributed by atoms with Crippen molar-refractivity contribution >= 4 is 5.97 Å². The zero-order chi connectivity index (χ0) is 10.8. The molecule has 1 aliphatic carbocycles. The van der Waals surface area contributed by atoms with E-state index in [1.165, 1.54) is 0 Å². The molecule has 0 aromatic heterocycles. The molecule has 1 rings (SSSR count). The Morgan fingerprint density at radius 3 is 2.29 bits per heavy atom. The van der Waals surface area contributed by atoms with Crippen LogP contribution in [0, 0.1) is 0 Å². The summed E-state index contributed by atoms with van der Waals surface area (Å²) in [5.74, 6) is -0.795. The van der Waals surface area contributed by atoms with E-state index in [0.717, 1.165) is 19.3 Å². The van der Waals surface area contributed by atoms with Gasteiger partial charge in [-0.3, -0.25) is 0 Å². The molecule has 1 saturated carbocycles. The van der Waals surface area contributed by atoms with Gasteiger partial charge in [0, 0.05) is 0 Å². The average molecular weight is 200 g/mol. The Morgan fingerprint density at radius 1 is 1.43 bits per heavy atom. The summed E-state index contributed by atoms with van der Waals surface area (Å²) in [5, 5.41) is 9.20. The molecule has 0 heterocycles. The first-order valence-corrected chi connectivity index (χ1v) is 5.35. The Hall–Kier alpha value is -0.570. The molecule has 0 saturated heterocycles. The maximum atomic E-state index is 11.2. The van der Waals surface area contributed by atoms with Crippen LogP contribution in [0.1, 0.15) is 52.9 Å². The van der Waals surface area contributed by atoms with E-state index in [0.29, 0.717) is 12.8 Å². The lowest BCUT2D eigenvalue weighted by molar-refractivity contribution is -0.186. The standard InChI is InChI=1S/C11H20O3/c1-4-10(2,3)14-11(9(12)13)7-5-6-8-11/h4-8H2,1-3H3,(H,12,13). The fraction of sp³-hybridized carbons (Fsp3) is 0.909. The van der Waals surface area contributed by atoms with Gasteiger partial charge in [0.25, 0.3) is 0 Å². The molecule has 0 aromatic carbocycles. The molecule has 0 aliphatic heterocycles. The first kappa shape index (κ1) is 11.5. The number of ether oxygens (including phenoxy) is 1. The van der Waals surface area contributed by atoms with Crippen molar-refractivity contribution < 1.29 is 14.6 Å². The normalized spacial score (nSPS) is 21.1. The summed E-state index contributed by atoms with van der Waals surface area (Å²) in [5.41, 5.74) is -1.23. The number of carboxylic acids is 1. The predicted molar refractivity (Wildman–Crippen MR) is 54.3 cm³/mol. The molecule has 3 nitrogen and oxygen atoms in total. The van der Waals surface area contributed by atoms with Crippen LogP contribution in [0.2, 0.25) is 0 Å². The topological polar surface area (TPSA) is 46.5 Å². The molecule has 0 radical (unpaired) electrons. The number of hydrogen-bond donors (Lipinski definition) is 1. The second kappa shape index (κ2) is 3.89. The van der Waals surface area contributed by atoms with Crippen LogP contribution in [0.4, 0.5) is 0 Å². The maximum absolute atomic E-state index is 11.2. The smallest absolute Gasteiger partial charge is 0.335 e. The second-order valence-corrected chi connectivity index (χ2v) is 4.72. The van der Waals surface area contributed by atoms with E-state index >= 15 is 0 Å². The van der Waals surface area contributed by atoms with Crippen LogP contribution in [0.3, 0.4) is 0 Å². The Morgan fingerprint density at radius 2 is 1.93 bits per heavy atom. The van der Waals surface area contributed by atoms with Gasteiger partial charge in [-0.05, 0) is 46.0 Å². The Balaban J connectivity index is 2.75. The molecule has 1 N–H and O–H groups in total. The van der Waals surface area contributed by atoms with Gasteiger partial charge in [-0.25, -0.2) is 4.79 Å². The number of carbonyl (C=O) groups is 1. The molecular weight excluding hydrogens is 180 g/mol. The highest BCUT2D eigenvalue weighted by Gasteiger charge is 2.45. The Bertz CT molecular complexity index is 215. The van der Waals surface area contributed by atoms with E-state index in [2.05, 4.69) is 0 Å². The second-order valence-electron chi connectivity index (χ2n) is 4.72. The van der Waals surface area contributed by atoms with Gasteiger partial charge >= 0.3 is 5.97 Å². The molecule has 82 valence electrons. The maximum Gasteiger partial charge on any atom is 0.335 e. The minimum Gasteiger partial charge on any atom is -0.479 e. The fourth-order valence-electron chi connectivity index (χ4n) is 1.91. The lowest BCUT2D eigenvalue weighted by atomic mass is 9.98. The molecule has 0 spiro atoms. The Labute approximate surface area is 85.5 Å². The van der Waals surface area contributed by atoms with E-state index in [-0.39, 0.29) is 5.60 Å². The lowest BCUT2D eigenvalue weighted by Gasteiger charge is -2.34. The summed E-state index contributed by atoms with van der Waals surface area (Å²) in [7, 11) is 0. The third kappa shape index (κ3) is 2.27. The van der Waals surface area contributed by atoms with E-state index in [9.17, 15) is 9.90 Å². The molecule has 0 unspecified atom stereocenters. The molecule has 1 aliphatic rings. The van der Waals surface area contributed by atoms with Crippen LogP contribution in [0.15, 0.2) is 0 Å². The highest BCUT2D eigenvalue weighted by Crippen LogP contribution is 2.37. The molecule has 1 fully saturated rings. The van der Waals surface area contributed by atoms with Gasteiger partial charge in [0.1, 0.15) is 0 Å². The zero-order valence-corrected chi connectivity index (χ0v) is 9.30. The highest BCUT2D eigenvalue weighted by atomic mass is 16.5. The summed E-state index contributed by atoms with van der Waals surface area (Å²) < 4.78 is 5.80. The van der Waals surface area contributed by atoms with Crippen LogP contribution >= 0.6 is 0 Å². The minimum atomic E-state index is -0.903. The SMILES string of the molecule is CCC(C)(C)OC1(C(=O)O)CCCC1. The van der Waals surface area contributed by atoms with Gasteiger partial charge in [0.2, 0.25) is 0 Å². The zero-order valence-electron chi connectivity index (χ0n) is 9.30. The van der Waals surface area contributed by atoms with Crippen molar-refractivity contribution in [2.24, 2.45) is 0 Å². The van der Waals surface area contributed by atoms with Gasteiger partial charge in [-0.1, -0.05) is 6.92 Å². The van der Waals surface area contributed by atoms with Gasteiger partial charge in [-0.15, -0.1) is 0 Å². The monoisotopic (exact) mass is 200 g/mol. The summed E-state index contributed by atoms with van der Waals surface area (Å²) in [6.07, 6.45) is 4.08. The molecule has 0 amide bonds. The molecule has 0 atom stereocenters. The molecule has 14 heavy (non-hydrogen) atoms. The molecule has 3 heteroatoms. The third-order valence-electron chi connectivity index (χ3n) is 3.12. The van der Waals surface area contributed by atoms with Crippen LogP contribution in [-0.2, 0) is 9.53 Å². The highest BCUT2D eigenvalue weighted by molar-refractivity contribution is 5.77. The predicted octanol–water partition coefficient (Wildman–Crippen LogP) is 2.59. The van der Waals surface area contributed by atoms with Crippen molar-refractivity contribution in [1.82, 2.24) is 0 Å². The Kier molecular flexibility index (Phi) is 3.20. The van der Waals surface area contributed by atoms with Crippen molar-refractivity contribution in [2.75, 3.05) is 0 Å². The quantitative estimate of drug-likeness (QED) is 0.758. The van der Waals surface area contributed by atoms with Crippen molar-refractivity contribution in [1.29, 1.82) is 0 Å².